The van der Waals surface area contributed by atoms with Crippen molar-refractivity contribution in [3.05, 3.63) is 70.4 Å². The summed E-state index contributed by atoms with van der Waals surface area (Å²) in [5.41, 5.74) is 7.38. The number of nitrogens with zero attached hydrogens (tertiary/aromatic N) is 2. The third-order valence-corrected chi connectivity index (χ3v) is 4.14. The molecule has 2 N–H and O–H groups in total. The molecule has 0 aliphatic heterocycles. The zero-order chi connectivity index (χ0) is 19.6. The second-order valence-corrected chi connectivity index (χ2v) is 6.04. The summed E-state index contributed by atoms with van der Waals surface area (Å²) in [5, 5.41) is 11.5. The quantitative estimate of drug-likeness (QED) is 0.321. The summed E-state index contributed by atoms with van der Waals surface area (Å²) in [6.07, 6.45) is 1.86. The molecule has 0 amide bonds. The number of esters is 1. The van der Waals surface area contributed by atoms with E-state index >= 15 is 0 Å². The Morgan fingerprint density at radius 3 is 2.48 bits per heavy atom. The Labute approximate surface area is 154 Å². The number of nitrogens with two attached hydrogens (primary N) is 1. The Balaban J connectivity index is 1.76. The number of non-ortho nitro benzene ring substituents is 1. The summed E-state index contributed by atoms with van der Waals surface area (Å²) in [5.74, 6) is -0.629. The number of aromatic nitrogens is 1. The van der Waals surface area contributed by atoms with E-state index in [1.54, 1.807) is 6.20 Å². The van der Waals surface area contributed by atoms with E-state index in [9.17, 15) is 19.7 Å². The maximum Gasteiger partial charge on any atom is 0.328 e. The van der Waals surface area contributed by atoms with Crippen molar-refractivity contribution in [3.63, 3.8) is 0 Å². The van der Waals surface area contributed by atoms with Crippen LogP contribution >= 0.6 is 0 Å². The van der Waals surface area contributed by atoms with Crippen LogP contribution < -0.4 is 10.5 Å². The van der Waals surface area contributed by atoms with Gasteiger partial charge in [-0.2, -0.15) is 0 Å². The van der Waals surface area contributed by atoms with E-state index in [1.165, 1.54) is 35.8 Å². The number of rotatable bonds is 5. The van der Waals surface area contributed by atoms with Crippen LogP contribution in [0.2, 0.25) is 0 Å². The highest BCUT2D eigenvalue weighted by atomic mass is 16.6. The second kappa shape index (κ2) is 7.38. The number of carbonyl (C=O) groups excluding carboxylic acids is 2. The van der Waals surface area contributed by atoms with Crippen molar-refractivity contribution in [2.24, 2.45) is 5.73 Å². The summed E-state index contributed by atoms with van der Waals surface area (Å²) in [6.45, 7) is 1.46. The second-order valence-electron chi connectivity index (χ2n) is 6.04. The van der Waals surface area contributed by atoms with E-state index in [0.717, 1.165) is 16.5 Å². The molecule has 3 rings (SSSR count). The summed E-state index contributed by atoms with van der Waals surface area (Å²) in [6, 6.07) is 11.6. The highest BCUT2D eigenvalue weighted by Gasteiger charge is 2.20. The van der Waals surface area contributed by atoms with Gasteiger partial charge in [0.05, 0.1) is 10.4 Å². The molecule has 8 nitrogen and oxygen atoms in total. The number of fused-ring (bicyclic) bond motifs is 1. The molecule has 0 radical (unpaired) electrons. The molecule has 0 aliphatic carbocycles. The molecular formula is C19H17N3O5. The first-order valence-electron chi connectivity index (χ1n) is 8.18. The molecule has 8 heteroatoms. The summed E-state index contributed by atoms with van der Waals surface area (Å²) >= 11 is 0. The lowest BCUT2D eigenvalue weighted by Gasteiger charge is -2.10. The predicted molar refractivity (Wildman–Crippen MR) is 98.6 cm³/mol. The lowest BCUT2D eigenvalue weighted by Crippen LogP contribution is -2.36. The van der Waals surface area contributed by atoms with Gasteiger partial charge in [-0.25, -0.2) is 4.79 Å². The highest BCUT2D eigenvalue weighted by molar-refractivity contribution is 5.94. The molecule has 0 aliphatic rings. The first-order chi connectivity index (χ1) is 12.9. The van der Waals surface area contributed by atoms with Gasteiger partial charge in [-0.3, -0.25) is 19.5 Å². The normalized spacial score (nSPS) is 11.9. The van der Waals surface area contributed by atoms with Gasteiger partial charge in [0, 0.05) is 37.1 Å². The molecular weight excluding hydrogens is 350 g/mol. The number of benzene rings is 2. The van der Waals surface area contributed by atoms with Gasteiger partial charge in [-0.15, -0.1) is 0 Å². The van der Waals surface area contributed by atoms with Gasteiger partial charge < -0.3 is 10.5 Å². The molecule has 1 aromatic heterocycles. The van der Waals surface area contributed by atoms with Gasteiger partial charge >= 0.3 is 5.97 Å². The molecule has 1 unspecified atom stereocenters. The van der Waals surface area contributed by atoms with E-state index in [0.29, 0.717) is 0 Å². The Hall–Kier alpha value is -3.52. The average molecular weight is 367 g/mol. The molecule has 2 aromatic carbocycles. The van der Waals surface area contributed by atoms with Crippen LogP contribution in [0.1, 0.15) is 17.3 Å². The van der Waals surface area contributed by atoms with E-state index in [2.05, 4.69) is 0 Å². The maximum atomic E-state index is 12.3. The van der Waals surface area contributed by atoms with Crippen molar-refractivity contribution in [2.75, 3.05) is 0 Å². The third kappa shape index (κ3) is 3.85. The van der Waals surface area contributed by atoms with Crippen LogP contribution in [0.25, 0.3) is 10.9 Å². The molecule has 138 valence electrons. The first-order valence-corrected chi connectivity index (χ1v) is 8.18. The van der Waals surface area contributed by atoms with Gasteiger partial charge in [0.15, 0.2) is 0 Å². The fraction of sp³-hybridized carbons (Fsp3) is 0.158. The van der Waals surface area contributed by atoms with E-state index in [4.69, 9.17) is 10.5 Å². The first kappa shape index (κ1) is 18.3. The van der Waals surface area contributed by atoms with Crippen LogP contribution in [0.3, 0.4) is 0 Å². The lowest BCUT2D eigenvalue weighted by atomic mass is 10.1. The molecule has 0 saturated carbocycles. The Bertz CT molecular complexity index is 1020. The van der Waals surface area contributed by atoms with Gasteiger partial charge in [-0.05, 0) is 23.8 Å². The summed E-state index contributed by atoms with van der Waals surface area (Å²) < 4.78 is 6.70. The molecule has 0 fully saturated rings. The Kier molecular flexibility index (Phi) is 5.00. The molecule has 0 spiro atoms. The average Bonchev–Trinajstić information content (AvgIpc) is 3.01. The number of carbonyl (C=O) groups is 2. The number of nitro benzene ring substituents is 1. The smallest absolute Gasteiger partial charge is 0.328 e. The van der Waals surface area contributed by atoms with Gasteiger partial charge in [0.25, 0.3) is 5.69 Å². The largest absolute Gasteiger partial charge is 0.425 e. The fourth-order valence-corrected chi connectivity index (χ4v) is 2.82. The molecule has 1 atom stereocenters. The van der Waals surface area contributed by atoms with Crippen molar-refractivity contribution in [3.8, 4) is 5.75 Å². The van der Waals surface area contributed by atoms with Crippen molar-refractivity contribution in [1.82, 2.24) is 4.57 Å². The third-order valence-electron chi connectivity index (χ3n) is 4.14. The van der Waals surface area contributed by atoms with E-state index in [1.807, 2.05) is 24.3 Å². The number of hydrogen-bond donors (Lipinski definition) is 1. The van der Waals surface area contributed by atoms with Crippen LogP contribution in [0.15, 0.2) is 54.7 Å². The molecule has 3 aromatic rings. The van der Waals surface area contributed by atoms with Crippen molar-refractivity contribution in [1.29, 1.82) is 0 Å². The molecule has 27 heavy (non-hydrogen) atoms. The predicted octanol–water partition coefficient (Wildman–Crippen LogP) is 2.69. The Morgan fingerprint density at radius 1 is 1.19 bits per heavy atom. The minimum absolute atomic E-state index is 0.101. The summed E-state index contributed by atoms with van der Waals surface area (Å²) in [4.78, 5) is 34.2. The standard InChI is InChI=1S/C19H17N3O5/c1-12(23)21-11-13(16-4-2-3-5-18(16)21)10-17(20)19(24)27-15-8-6-14(7-9-15)22(25)26/h2-9,11,17H,10,20H2,1H3. The van der Waals surface area contributed by atoms with Crippen molar-refractivity contribution < 1.29 is 19.2 Å². The summed E-state index contributed by atoms with van der Waals surface area (Å²) in [7, 11) is 0. The zero-order valence-electron chi connectivity index (χ0n) is 14.5. The van der Waals surface area contributed by atoms with Crippen LogP contribution in [-0.4, -0.2) is 27.4 Å². The van der Waals surface area contributed by atoms with Crippen LogP contribution in [0.4, 0.5) is 5.69 Å². The van der Waals surface area contributed by atoms with E-state index in [-0.39, 0.29) is 23.8 Å². The highest BCUT2D eigenvalue weighted by Crippen LogP contribution is 2.23. The molecule has 1 heterocycles. The molecule has 0 saturated heterocycles. The number of para-hydroxylation sites is 1. The SMILES string of the molecule is CC(=O)n1cc(CC(N)C(=O)Oc2ccc([N+](=O)[O-])cc2)c2ccccc21. The number of ether oxygens (including phenoxy) is 1. The van der Waals surface area contributed by atoms with Crippen LogP contribution in [0.5, 0.6) is 5.75 Å². The van der Waals surface area contributed by atoms with Gasteiger partial charge in [0.2, 0.25) is 5.91 Å². The minimum Gasteiger partial charge on any atom is -0.425 e. The zero-order valence-corrected chi connectivity index (χ0v) is 14.5. The van der Waals surface area contributed by atoms with Crippen molar-refractivity contribution in [2.45, 2.75) is 19.4 Å². The van der Waals surface area contributed by atoms with Crippen molar-refractivity contribution >= 4 is 28.5 Å². The fourth-order valence-electron chi connectivity index (χ4n) is 2.82. The number of hydrogen-bond acceptors (Lipinski definition) is 6. The monoisotopic (exact) mass is 367 g/mol. The molecule has 0 bridgehead atoms. The maximum absolute atomic E-state index is 12.3. The lowest BCUT2D eigenvalue weighted by molar-refractivity contribution is -0.384. The van der Waals surface area contributed by atoms with Crippen LogP contribution in [0, 0.1) is 10.1 Å². The van der Waals surface area contributed by atoms with Gasteiger partial charge in [-0.1, -0.05) is 18.2 Å². The van der Waals surface area contributed by atoms with Crippen LogP contribution in [-0.2, 0) is 11.2 Å². The Morgan fingerprint density at radius 2 is 1.85 bits per heavy atom. The van der Waals surface area contributed by atoms with E-state index < -0.39 is 16.9 Å². The number of nitro groups is 1. The minimum atomic E-state index is -0.952. The topological polar surface area (TPSA) is 117 Å². The van der Waals surface area contributed by atoms with Gasteiger partial charge in [0.1, 0.15) is 11.8 Å².